The summed E-state index contributed by atoms with van der Waals surface area (Å²) < 4.78 is 28.0. The van der Waals surface area contributed by atoms with Gasteiger partial charge in [0.1, 0.15) is 6.54 Å². The summed E-state index contributed by atoms with van der Waals surface area (Å²) in [5, 5.41) is 3.02. The van der Waals surface area contributed by atoms with Gasteiger partial charge in [-0.25, -0.2) is 8.42 Å². The Morgan fingerprint density at radius 3 is 2.57 bits per heavy atom. The predicted octanol–water partition coefficient (Wildman–Crippen LogP) is 3.90. The highest BCUT2D eigenvalue weighted by Crippen LogP contribution is 2.33. The number of hydrogen-bond donors (Lipinski definition) is 1. The number of amides is 2. The van der Waals surface area contributed by atoms with Gasteiger partial charge in [-0.3, -0.25) is 9.59 Å². The lowest BCUT2D eigenvalue weighted by Gasteiger charge is -2.31. The first-order chi connectivity index (χ1) is 16.8. The standard InChI is InChI=1S/C27H33N3O4S/c1-19-13-15-29(16-14-19)35(33,34)22-10-11-25-21(17-22)9-12-27(32)30(25)18-26(31)28-24-8-4-6-20-5-2-3-7-23(20)24/h4,6,8,10-11,17,19H,2-3,5,7,9,12-16,18H2,1H3,(H,28,31). The van der Waals surface area contributed by atoms with Crippen molar-refractivity contribution in [2.24, 2.45) is 5.92 Å². The van der Waals surface area contributed by atoms with Crippen molar-refractivity contribution in [2.45, 2.75) is 63.2 Å². The van der Waals surface area contributed by atoms with Gasteiger partial charge < -0.3 is 10.2 Å². The molecular weight excluding hydrogens is 462 g/mol. The van der Waals surface area contributed by atoms with Crippen LogP contribution in [0.5, 0.6) is 0 Å². The lowest BCUT2D eigenvalue weighted by Crippen LogP contribution is -2.41. The molecule has 2 heterocycles. The van der Waals surface area contributed by atoms with Gasteiger partial charge in [0.2, 0.25) is 21.8 Å². The molecule has 2 amide bonds. The van der Waals surface area contributed by atoms with Gasteiger partial charge in [0.05, 0.1) is 4.90 Å². The second kappa shape index (κ2) is 9.74. The molecule has 7 nitrogen and oxygen atoms in total. The third-order valence-corrected chi connectivity index (χ3v) is 9.50. The Morgan fingerprint density at radius 1 is 1.00 bits per heavy atom. The number of fused-ring (bicyclic) bond motifs is 2. The van der Waals surface area contributed by atoms with E-state index in [0.29, 0.717) is 31.1 Å². The molecule has 2 aliphatic heterocycles. The number of rotatable bonds is 5. The van der Waals surface area contributed by atoms with Crippen LogP contribution < -0.4 is 10.2 Å². The molecule has 8 heteroatoms. The summed E-state index contributed by atoms with van der Waals surface area (Å²) in [7, 11) is -3.57. The van der Waals surface area contributed by atoms with Crippen LogP contribution in [0.15, 0.2) is 41.3 Å². The molecule has 0 bridgehead atoms. The Kier molecular flexibility index (Phi) is 6.68. The van der Waals surface area contributed by atoms with Crippen LogP contribution in [-0.4, -0.2) is 44.2 Å². The molecule has 0 aromatic heterocycles. The molecule has 1 saturated heterocycles. The van der Waals surface area contributed by atoms with Gasteiger partial charge in [-0.2, -0.15) is 4.31 Å². The van der Waals surface area contributed by atoms with Crippen molar-refractivity contribution >= 4 is 33.2 Å². The van der Waals surface area contributed by atoms with E-state index >= 15 is 0 Å². The molecule has 5 rings (SSSR count). The average molecular weight is 496 g/mol. The molecule has 1 aliphatic carbocycles. The molecule has 2 aromatic rings. The molecule has 186 valence electrons. The zero-order chi connectivity index (χ0) is 24.6. The highest BCUT2D eigenvalue weighted by molar-refractivity contribution is 7.89. The van der Waals surface area contributed by atoms with Gasteiger partial charge in [-0.15, -0.1) is 0 Å². The van der Waals surface area contributed by atoms with Gasteiger partial charge in [0.25, 0.3) is 0 Å². The van der Waals surface area contributed by atoms with Crippen LogP contribution in [0.3, 0.4) is 0 Å². The number of piperidine rings is 1. The fourth-order valence-corrected chi connectivity index (χ4v) is 7.00. The van der Waals surface area contributed by atoms with Crippen molar-refractivity contribution in [3.8, 4) is 0 Å². The van der Waals surface area contributed by atoms with Crippen molar-refractivity contribution in [3.63, 3.8) is 0 Å². The smallest absolute Gasteiger partial charge is 0.244 e. The highest BCUT2D eigenvalue weighted by Gasteiger charge is 2.31. The Balaban J connectivity index is 1.34. The maximum atomic E-state index is 13.2. The lowest BCUT2D eigenvalue weighted by atomic mass is 9.90. The molecule has 1 fully saturated rings. The molecular formula is C27H33N3O4S. The van der Waals surface area contributed by atoms with Crippen molar-refractivity contribution < 1.29 is 18.0 Å². The third kappa shape index (κ3) is 4.86. The Morgan fingerprint density at radius 2 is 1.77 bits per heavy atom. The molecule has 0 spiro atoms. The number of carbonyl (C=O) groups excluding carboxylic acids is 2. The fraction of sp³-hybridized carbons (Fsp3) is 0.481. The SMILES string of the molecule is CC1CCN(S(=O)(=O)c2ccc3c(c2)CCC(=O)N3CC(=O)Nc2cccc3c2CCCC3)CC1. The van der Waals surface area contributed by atoms with Crippen LogP contribution in [0.25, 0.3) is 0 Å². The van der Waals surface area contributed by atoms with E-state index in [9.17, 15) is 18.0 Å². The zero-order valence-electron chi connectivity index (χ0n) is 20.3. The van der Waals surface area contributed by atoms with Crippen molar-refractivity contribution in [2.75, 3.05) is 29.9 Å². The summed E-state index contributed by atoms with van der Waals surface area (Å²) in [6, 6.07) is 10.9. The predicted molar refractivity (Wildman–Crippen MR) is 136 cm³/mol. The Hall–Kier alpha value is -2.71. The van der Waals surface area contributed by atoms with Crippen molar-refractivity contribution in [1.29, 1.82) is 0 Å². The molecule has 1 N–H and O–H groups in total. The van der Waals surface area contributed by atoms with E-state index in [1.807, 2.05) is 12.1 Å². The minimum absolute atomic E-state index is 0.0917. The van der Waals surface area contributed by atoms with E-state index in [0.717, 1.165) is 49.8 Å². The van der Waals surface area contributed by atoms with Crippen LogP contribution in [0.1, 0.15) is 55.7 Å². The maximum Gasteiger partial charge on any atom is 0.244 e. The summed E-state index contributed by atoms with van der Waals surface area (Å²) in [5.74, 6) is 0.171. The normalized spacial score (nSPS) is 19.2. The van der Waals surface area contributed by atoms with Crippen LogP contribution in [0.4, 0.5) is 11.4 Å². The number of aryl methyl sites for hydroxylation is 2. The monoisotopic (exact) mass is 495 g/mol. The summed E-state index contributed by atoms with van der Waals surface area (Å²) in [6.45, 7) is 3.13. The number of anilines is 2. The lowest BCUT2D eigenvalue weighted by molar-refractivity contribution is -0.121. The van der Waals surface area contributed by atoms with E-state index in [-0.39, 0.29) is 29.7 Å². The molecule has 0 saturated carbocycles. The first-order valence-corrected chi connectivity index (χ1v) is 14.1. The van der Waals surface area contributed by atoms with E-state index < -0.39 is 10.0 Å². The Labute approximate surface area is 207 Å². The van der Waals surface area contributed by atoms with Gasteiger partial charge in [-0.05, 0) is 91.8 Å². The minimum atomic E-state index is -3.57. The van der Waals surface area contributed by atoms with E-state index in [4.69, 9.17) is 0 Å². The summed E-state index contributed by atoms with van der Waals surface area (Å²) >= 11 is 0. The van der Waals surface area contributed by atoms with Gasteiger partial charge >= 0.3 is 0 Å². The van der Waals surface area contributed by atoms with Crippen LogP contribution >= 0.6 is 0 Å². The molecule has 3 aliphatic rings. The fourth-order valence-electron chi connectivity index (χ4n) is 5.48. The van der Waals surface area contributed by atoms with Crippen LogP contribution in [0, 0.1) is 5.92 Å². The van der Waals surface area contributed by atoms with E-state index in [2.05, 4.69) is 18.3 Å². The minimum Gasteiger partial charge on any atom is -0.324 e. The molecule has 0 radical (unpaired) electrons. The number of sulfonamides is 1. The number of hydrogen-bond acceptors (Lipinski definition) is 4. The maximum absolute atomic E-state index is 13.2. The van der Waals surface area contributed by atoms with Crippen molar-refractivity contribution in [1.82, 2.24) is 4.31 Å². The van der Waals surface area contributed by atoms with Crippen LogP contribution in [0.2, 0.25) is 0 Å². The topological polar surface area (TPSA) is 86.8 Å². The molecule has 35 heavy (non-hydrogen) atoms. The third-order valence-electron chi connectivity index (χ3n) is 7.60. The highest BCUT2D eigenvalue weighted by atomic mass is 32.2. The second-order valence-electron chi connectivity index (χ2n) is 10.1. The van der Waals surface area contributed by atoms with Crippen LogP contribution in [-0.2, 0) is 38.9 Å². The summed E-state index contributed by atoms with van der Waals surface area (Å²) in [4.78, 5) is 27.5. The largest absolute Gasteiger partial charge is 0.324 e. The number of carbonyl (C=O) groups is 2. The quantitative estimate of drug-likeness (QED) is 0.682. The van der Waals surface area contributed by atoms with Gasteiger partial charge in [0.15, 0.2) is 0 Å². The molecule has 2 aromatic carbocycles. The summed E-state index contributed by atoms with van der Waals surface area (Å²) in [5.41, 5.74) is 4.72. The first kappa shape index (κ1) is 24.0. The van der Waals surface area contributed by atoms with Crippen molar-refractivity contribution in [3.05, 3.63) is 53.1 Å². The first-order valence-electron chi connectivity index (χ1n) is 12.7. The zero-order valence-corrected chi connectivity index (χ0v) is 21.1. The van der Waals surface area contributed by atoms with E-state index in [1.165, 1.54) is 16.0 Å². The molecule has 0 atom stereocenters. The van der Waals surface area contributed by atoms with Gasteiger partial charge in [0, 0.05) is 30.9 Å². The molecule has 0 unspecified atom stereocenters. The number of benzene rings is 2. The summed E-state index contributed by atoms with van der Waals surface area (Å²) in [6.07, 6.45) is 6.71. The Bertz CT molecular complexity index is 1250. The number of nitrogens with zero attached hydrogens (tertiary/aromatic N) is 2. The van der Waals surface area contributed by atoms with E-state index in [1.54, 1.807) is 22.5 Å². The van der Waals surface area contributed by atoms with Gasteiger partial charge in [-0.1, -0.05) is 19.1 Å². The second-order valence-corrected chi connectivity index (χ2v) is 12.0. The number of nitrogens with one attached hydrogen (secondary N) is 1. The average Bonchev–Trinajstić information content (AvgIpc) is 2.86.